The second-order valence-corrected chi connectivity index (χ2v) is 8.13. The fraction of sp³-hybridized carbons (Fsp3) is 0.250. The highest BCUT2D eigenvalue weighted by Crippen LogP contribution is 2.29. The van der Waals surface area contributed by atoms with Gasteiger partial charge >= 0.3 is 5.97 Å². The molecular weight excluding hydrogens is 442 g/mol. The first-order valence-electron chi connectivity index (χ1n) is 10.6. The molecule has 0 spiro atoms. The standard InChI is InChI=1S/C24H23N3O5S/c1-4-12-31-19-11-10-16(13-20(19)30-5-2)14-21-23(29)27-24(33-21)25-22(26-27)17-8-6-7-9-18(17)32-15(3)28/h6-11,13-14H,4-5,12H2,1-3H3. The van der Waals surface area contributed by atoms with Crippen LogP contribution in [-0.4, -0.2) is 33.8 Å². The van der Waals surface area contributed by atoms with Crippen LogP contribution in [-0.2, 0) is 4.79 Å². The highest BCUT2D eigenvalue weighted by atomic mass is 32.1. The summed E-state index contributed by atoms with van der Waals surface area (Å²) in [4.78, 5) is 29.3. The third-order valence-corrected chi connectivity index (χ3v) is 5.55. The molecule has 170 valence electrons. The minimum atomic E-state index is -0.442. The summed E-state index contributed by atoms with van der Waals surface area (Å²) < 4.78 is 18.4. The molecule has 2 aromatic carbocycles. The Morgan fingerprint density at radius 3 is 2.64 bits per heavy atom. The molecule has 0 fully saturated rings. The van der Waals surface area contributed by atoms with Gasteiger partial charge in [-0.2, -0.15) is 9.50 Å². The van der Waals surface area contributed by atoms with Crippen LogP contribution in [0.15, 0.2) is 47.3 Å². The molecule has 0 aliphatic rings. The van der Waals surface area contributed by atoms with Crippen molar-refractivity contribution in [3.8, 4) is 28.6 Å². The second-order valence-electron chi connectivity index (χ2n) is 7.12. The molecule has 0 atom stereocenters. The van der Waals surface area contributed by atoms with E-state index in [0.717, 1.165) is 12.0 Å². The van der Waals surface area contributed by atoms with E-state index in [-0.39, 0.29) is 5.56 Å². The van der Waals surface area contributed by atoms with Crippen molar-refractivity contribution < 1.29 is 19.0 Å². The molecule has 0 N–H and O–H groups in total. The SMILES string of the molecule is CCCOc1ccc(C=c2sc3nc(-c4ccccc4OC(C)=O)nn3c2=O)cc1OCC. The van der Waals surface area contributed by atoms with Crippen LogP contribution in [0.1, 0.15) is 32.8 Å². The van der Waals surface area contributed by atoms with Crippen molar-refractivity contribution >= 4 is 28.3 Å². The Bertz CT molecular complexity index is 1410. The van der Waals surface area contributed by atoms with Gasteiger partial charge in [0.15, 0.2) is 17.3 Å². The quantitative estimate of drug-likeness (QED) is 0.291. The van der Waals surface area contributed by atoms with Crippen LogP contribution in [0, 0.1) is 0 Å². The maximum absolute atomic E-state index is 13.0. The second kappa shape index (κ2) is 9.83. The van der Waals surface area contributed by atoms with Gasteiger partial charge in [0.2, 0.25) is 4.96 Å². The Kier molecular flexibility index (Phi) is 6.69. The lowest BCUT2D eigenvalue weighted by Gasteiger charge is -2.11. The molecule has 0 saturated carbocycles. The average molecular weight is 466 g/mol. The molecular formula is C24H23N3O5S. The lowest BCUT2D eigenvalue weighted by molar-refractivity contribution is -0.131. The number of benzene rings is 2. The Morgan fingerprint density at radius 1 is 1.09 bits per heavy atom. The Balaban J connectivity index is 1.71. The number of fused-ring (bicyclic) bond motifs is 1. The molecule has 0 amide bonds. The van der Waals surface area contributed by atoms with Crippen molar-refractivity contribution in [2.75, 3.05) is 13.2 Å². The minimum absolute atomic E-state index is 0.275. The smallest absolute Gasteiger partial charge is 0.308 e. The predicted octanol–water partition coefficient (Wildman–Crippen LogP) is 3.48. The van der Waals surface area contributed by atoms with Crippen molar-refractivity contribution in [2.24, 2.45) is 0 Å². The highest BCUT2D eigenvalue weighted by molar-refractivity contribution is 7.15. The molecule has 2 heterocycles. The summed E-state index contributed by atoms with van der Waals surface area (Å²) in [6.45, 7) is 6.39. The summed E-state index contributed by atoms with van der Waals surface area (Å²) >= 11 is 1.23. The topological polar surface area (TPSA) is 92.0 Å². The van der Waals surface area contributed by atoms with Gasteiger partial charge in [-0.15, -0.1) is 5.10 Å². The first-order valence-corrected chi connectivity index (χ1v) is 11.4. The van der Waals surface area contributed by atoms with E-state index in [1.165, 1.54) is 22.8 Å². The number of carbonyl (C=O) groups excluding carboxylic acids is 1. The van der Waals surface area contributed by atoms with Crippen LogP contribution < -0.4 is 24.3 Å². The van der Waals surface area contributed by atoms with Crippen LogP contribution in [0.2, 0.25) is 0 Å². The maximum atomic E-state index is 13.0. The zero-order chi connectivity index (χ0) is 23.4. The van der Waals surface area contributed by atoms with Gasteiger partial charge in [-0.1, -0.05) is 36.5 Å². The van der Waals surface area contributed by atoms with Crippen molar-refractivity contribution in [2.45, 2.75) is 27.2 Å². The van der Waals surface area contributed by atoms with Crippen LogP contribution in [0.25, 0.3) is 22.4 Å². The van der Waals surface area contributed by atoms with Gasteiger partial charge in [0.25, 0.3) is 5.56 Å². The summed E-state index contributed by atoms with van der Waals surface area (Å²) in [6, 6.07) is 12.5. The van der Waals surface area contributed by atoms with E-state index in [0.29, 0.717) is 51.3 Å². The summed E-state index contributed by atoms with van der Waals surface area (Å²) in [7, 11) is 0. The molecule has 0 aliphatic heterocycles. The number of hydrogen-bond acceptors (Lipinski definition) is 8. The largest absolute Gasteiger partial charge is 0.490 e. The highest BCUT2D eigenvalue weighted by Gasteiger charge is 2.16. The lowest BCUT2D eigenvalue weighted by Crippen LogP contribution is -2.23. The van der Waals surface area contributed by atoms with Gasteiger partial charge in [-0.3, -0.25) is 9.59 Å². The Morgan fingerprint density at radius 2 is 1.91 bits per heavy atom. The van der Waals surface area contributed by atoms with Gasteiger partial charge < -0.3 is 14.2 Å². The molecule has 33 heavy (non-hydrogen) atoms. The van der Waals surface area contributed by atoms with E-state index in [4.69, 9.17) is 14.2 Å². The third kappa shape index (κ3) is 4.88. The van der Waals surface area contributed by atoms with Gasteiger partial charge in [0, 0.05) is 6.92 Å². The number of aromatic nitrogens is 3. The van der Waals surface area contributed by atoms with Crippen molar-refractivity contribution in [3.63, 3.8) is 0 Å². The van der Waals surface area contributed by atoms with Gasteiger partial charge in [0.05, 0.1) is 23.3 Å². The number of nitrogens with zero attached hydrogens (tertiary/aromatic N) is 3. The number of carbonyl (C=O) groups is 1. The van der Waals surface area contributed by atoms with E-state index in [1.54, 1.807) is 30.3 Å². The lowest BCUT2D eigenvalue weighted by atomic mass is 10.2. The van der Waals surface area contributed by atoms with Crippen LogP contribution in [0.4, 0.5) is 0 Å². The van der Waals surface area contributed by atoms with Gasteiger partial charge in [0.1, 0.15) is 5.75 Å². The first-order chi connectivity index (χ1) is 16.0. The monoisotopic (exact) mass is 465 g/mol. The number of esters is 1. The number of thiazole rings is 1. The van der Waals surface area contributed by atoms with Crippen molar-refractivity contribution in [3.05, 3.63) is 62.9 Å². The summed E-state index contributed by atoms with van der Waals surface area (Å²) in [5.41, 5.74) is 1.07. The van der Waals surface area contributed by atoms with E-state index in [9.17, 15) is 9.59 Å². The molecule has 0 saturated heterocycles. The molecule has 4 aromatic rings. The zero-order valence-electron chi connectivity index (χ0n) is 18.5. The van der Waals surface area contributed by atoms with Crippen LogP contribution in [0.3, 0.4) is 0 Å². The Hall–Kier alpha value is -3.72. The average Bonchev–Trinajstić information content (AvgIpc) is 3.33. The van der Waals surface area contributed by atoms with Crippen LogP contribution in [0.5, 0.6) is 17.2 Å². The van der Waals surface area contributed by atoms with Gasteiger partial charge in [-0.25, -0.2) is 0 Å². The molecule has 2 aromatic heterocycles. The van der Waals surface area contributed by atoms with E-state index in [2.05, 4.69) is 10.1 Å². The molecule has 8 nitrogen and oxygen atoms in total. The third-order valence-electron chi connectivity index (χ3n) is 4.59. The summed E-state index contributed by atoms with van der Waals surface area (Å²) in [5, 5.41) is 4.36. The maximum Gasteiger partial charge on any atom is 0.308 e. The van der Waals surface area contributed by atoms with Gasteiger partial charge in [-0.05, 0) is 49.2 Å². The van der Waals surface area contributed by atoms with Crippen molar-refractivity contribution in [1.29, 1.82) is 0 Å². The normalized spacial score (nSPS) is 11.7. The van der Waals surface area contributed by atoms with E-state index < -0.39 is 5.97 Å². The number of rotatable bonds is 8. The molecule has 0 radical (unpaired) electrons. The van der Waals surface area contributed by atoms with Crippen molar-refractivity contribution in [1.82, 2.24) is 14.6 Å². The molecule has 0 unspecified atom stereocenters. The summed E-state index contributed by atoms with van der Waals surface area (Å²) in [6.07, 6.45) is 2.68. The first kappa shape index (κ1) is 22.5. The molecule has 0 bridgehead atoms. The minimum Gasteiger partial charge on any atom is -0.490 e. The number of hydrogen-bond donors (Lipinski definition) is 0. The molecule has 0 aliphatic carbocycles. The van der Waals surface area contributed by atoms with E-state index >= 15 is 0 Å². The zero-order valence-corrected chi connectivity index (χ0v) is 19.3. The Labute approximate surface area is 194 Å². The fourth-order valence-corrected chi connectivity index (χ4v) is 4.12. The molecule has 4 rings (SSSR count). The fourth-order valence-electron chi connectivity index (χ4n) is 3.21. The number of para-hydroxylation sites is 1. The number of ether oxygens (including phenoxy) is 3. The molecule has 9 heteroatoms. The predicted molar refractivity (Wildman–Crippen MR) is 126 cm³/mol. The van der Waals surface area contributed by atoms with Crippen LogP contribution >= 0.6 is 11.3 Å². The summed E-state index contributed by atoms with van der Waals surface area (Å²) in [5.74, 6) is 1.53. The van der Waals surface area contributed by atoms with E-state index in [1.807, 2.05) is 32.0 Å².